The van der Waals surface area contributed by atoms with Gasteiger partial charge in [0.25, 0.3) is 0 Å². The first-order chi connectivity index (χ1) is 13.8. The zero-order valence-corrected chi connectivity index (χ0v) is 17.0. The number of nitrogens with one attached hydrogen (secondary N) is 2. The SMILES string of the molecule is CC1C(NS(C)=O)CCCN1c1cc(-c2cnc(/C=C\C(=[NH2+])C(F)F)[nH]2)ncn1. The van der Waals surface area contributed by atoms with Crippen LogP contribution in [0.5, 0.6) is 0 Å². The molecule has 8 nitrogen and oxygen atoms in total. The monoisotopic (exact) mass is 424 g/mol. The van der Waals surface area contributed by atoms with Crippen LogP contribution in [0.3, 0.4) is 0 Å². The fraction of sp³-hybridized carbons (Fsp3) is 0.444. The molecule has 3 unspecified atom stereocenters. The van der Waals surface area contributed by atoms with Crippen molar-refractivity contribution in [3.63, 3.8) is 0 Å². The Kier molecular flexibility index (Phi) is 6.80. The molecule has 3 heterocycles. The first kappa shape index (κ1) is 21.2. The Morgan fingerprint density at radius 1 is 1.45 bits per heavy atom. The van der Waals surface area contributed by atoms with Gasteiger partial charge in [-0.15, -0.1) is 0 Å². The highest BCUT2D eigenvalue weighted by Gasteiger charge is 2.29. The predicted molar refractivity (Wildman–Crippen MR) is 109 cm³/mol. The molecule has 2 aromatic heterocycles. The molecular formula is C18H24F2N7OS+. The van der Waals surface area contributed by atoms with Crippen molar-refractivity contribution in [2.75, 3.05) is 17.7 Å². The molecule has 2 aromatic rings. The van der Waals surface area contributed by atoms with Gasteiger partial charge < -0.3 is 9.88 Å². The Morgan fingerprint density at radius 3 is 2.97 bits per heavy atom. The lowest BCUT2D eigenvalue weighted by molar-refractivity contribution is -0.124. The second-order valence-electron chi connectivity index (χ2n) is 6.83. The van der Waals surface area contributed by atoms with Crippen LogP contribution in [-0.2, 0) is 11.0 Å². The van der Waals surface area contributed by atoms with Crippen molar-refractivity contribution in [2.45, 2.75) is 38.3 Å². The van der Waals surface area contributed by atoms with Gasteiger partial charge in [-0.1, -0.05) is 0 Å². The zero-order valence-electron chi connectivity index (χ0n) is 16.2. The van der Waals surface area contributed by atoms with E-state index >= 15 is 0 Å². The summed E-state index contributed by atoms with van der Waals surface area (Å²) in [5.41, 5.74) is 0.745. The number of nitrogens with two attached hydrogens (primary N) is 1. The normalized spacial score (nSPS) is 21.1. The highest BCUT2D eigenvalue weighted by molar-refractivity contribution is 7.82. The summed E-state index contributed by atoms with van der Waals surface area (Å²) in [5, 5.41) is 5.23. The number of allylic oxidation sites excluding steroid dienone is 1. The van der Waals surface area contributed by atoms with Crippen LogP contribution in [-0.4, -0.2) is 61.2 Å². The van der Waals surface area contributed by atoms with E-state index in [-0.39, 0.29) is 12.1 Å². The largest absolute Gasteiger partial charge is 0.352 e. The van der Waals surface area contributed by atoms with E-state index in [0.29, 0.717) is 17.2 Å². The second kappa shape index (κ2) is 9.31. The van der Waals surface area contributed by atoms with E-state index in [1.165, 1.54) is 12.4 Å². The topological polar surface area (TPSA) is 112 Å². The molecule has 3 atom stereocenters. The number of H-pyrrole nitrogens is 1. The summed E-state index contributed by atoms with van der Waals surface area (Å²) in [6.45, 7) is 2.92. The quantitative estimate of drug-likeness (QED) is 0.563. The maximum Gasteiger partial charge on any atom is 0.320 e. The van der Waals surface area contributed by atoms with E-state index in [0.717, 1.165) is 31.3 Å². The van der Waals surface area contributed by atoms with Crippen LogP contribution < -0.4 is 15.0 Å². The summed E-state index contributed by atoms with van der Waals surface area (Å²) >= 11 is 0. The Bertz CT molecular complexity index is 917. The number of rotatable bonds is 7. The molecule has 1 aliphatic heterocycles. The molecule has 0 aliphatic carbocycles. The summed E-state index contributed by atoms with van der Waals surface area (Å²) in [6.07, 6.45) is 6.40. The minimum Gasteiger partial charge on any atom is -0.352 e. The third-order valence-electron chi connectivity index (χ3n) is 4.81. The van der Waals surface area contributed by atoms with E-state index < -0.39 is 23.1 Å². The summed E-state index contributed by atoms with van der Waals surface area (Å²) in [4.78, 5) is 18.0. The lowest BCUT2D eigenvalue weighted by Gasteiger charge is -2.40. The number of nitrogens with zero attached hydrogens (tertiary/aromatic N) is 4. The number of piperidine rings is 1. The number of halogens is 2. The number of imidazole rings is 1. The number of aromatic amines is 1. The molecule has 0 spiro atoms. The Hall–Kier alpha value is -2.53. The molecule has 1 saturated heterocycles. The molecule has 4 N–H and O–H groups in total. The van der Waals surface area contributed by atoms with Gasteiger partial charge in [0.2, 0.25) is 5.71 Å². The number of hydrogen-bond donors (Lipinski definition) is 3. The van der Waals surface area contributed by atoms with Crippen LogP contribution in [0, 0.1) is 0 Å². The first-order valence-corrected chi connectivity index (χ1v) is 10.7. The molecule has 156 valence electrons. The van der Waals surface area contributed by atoms with Crippen LogP contribution in [0.4, 0.5) is 14.6 Å². The van der Waals surface area contributed by atoms with Crippen molar-refractivity contribution in [3.05, 3.63) is 30.5 Å². The van der Waals surface area contributed by atoms with Gasteiger partial charge >= 0.3 is 6.43 Å². The summed E-state index contributed by atoms with van der Waals surface area (Å²) in [6, 6.07) is 2.07. The number of anilines is 1. The van der Waals surface area contributed by atoms with Gasteiger partial charge in [-0.3, -0.25) is 5.41 Å². The van der Waals surface area contributed by atoms with Gasteiger partial charge in [-0.2, -0.15) is 8.78 Å². The van der Waals surface area contributed by atoms with Crippen molar-refractivity contribution in [1.29, 1.82) is 0 Å². The summed E-state index contributed by atoms with van der Waals surface area (Å²) in [5.74, 6) is 1.16. The van der Waals surface area contributed by atoms with Crippen LogP contribution in [0.15, 0.2) is 24.7 Å². The van der Waals surface area contributed by atoms with Crippen molar-refractivity contribution in [3.8, 4) is 11.4 Å². The van der Waals surface area contributed by atoms with E-state index in [1.807, 2.05) is 6.07 Å². The Labute approximate surface area is 170 Å². The molecule has 1 aliphatic rings. The fourth-order valence-electron chi connectivity index (χ4n) is 3.29. The molecule has 0 radical (unpaired) electrons. The van der Waals surface area contributed by atoms with Crippen LogP contribution in [0.2, 0.25) is 0 Å². The van der Waals surface area contributed by atoms with Gasteiger partial charge in [0.1, 0.15) is 18.0 Å². The molecule has 1 fully saturated rings. The van der Waals surface area contributed by atoms with E-state index in [4.69, 9.17) is 5.41 Å². The van der Waals surface area contributed by atoms with Gasteiger partial charge in [0.15, 0.2) is 0 Å². The van der Waals surface area contributed by atoms with Crippen LogP contribution >= 0.6 is 0 Å². The molecule has 3 rings (SSSR count). The summed E-state index contributed by atoms with van der Waals surface area (Å²) < 4.78 is 39.6. The Balaban J connectivity index is 1.78. The molecule has 0 aromatic carbocycles. The first-order valence-electron chi connectivity index (χ1n) is 9.17. The molecule has 0 saturated carbocycles. The average Bonchev–Trinajstić information content (AvgIpc) is 3.16. The van der Waals surface area contributed by atoms with Crippen molar-refractivity contribution in [2.24, 2.45) is 0 Å². The second-order valence-corrected chi connectivity index (χ2v) is 7.98. The molecule has 0 bridgehead atoms. The van der Waals surface area contributed by atoms with E-state index in [9.17, 15) is 13.0 Å². The molecule has 11 heteroatoms. The molecular weight excluding hydrogens is 400 g/mol. The fourth-order valence-corrected chi connectivity index (χ4v) is 4.03. The number of alkyl halides is 2. The predicted octanol–water partition coefficient (Wildman–Crippen LogP) is 0.586. The zero-order chi connectivity index (χ0) is 21.0. The van der Waals surface area contributed by atoms with E-state index in [2.05, 4.69) is 36.5 Å². The van der Waals surface area contributed by atoms with Crippen LogP contribution in [0.25, 0.3) is 17.5 Å². The van der Waals surface area contributed by atoms with Gasteiger partial charge in [0.05, 0.1) is 28.6 Å². The minimum atomic E-state index is -2.71. The molecule has 29 heavy (non-hydrogen) atoms. The summed E-state index contributed by atoms with van der Waals surface area (Å²) in [7, 11) is -1.08. The maximum absolute atomic E-state index is 12.5. The minimum absolute atomic E-state index is 0.105. The maximum atomic E-state index is 12.5. The van der Waals surface area contributed by atoms with Crippen molar-refractivity contribution in [1.82, 2.24) is 24.7 Å². The van der Waals surface area contributed by atoms with Crippen molar-refractivity contribution < 1.29 is 18.4 Å². The van der Waals surface area contributed by atoms with Crippen molar-refractivity contribution >= 4 is 28.6 Å². The molecule has 0 amide bonds. The smallest absolute Gasteiger partial charge is 0.320 e. The van der Waals surface area contributed by atoms with Gasteiger partial charge in [-0.05, 0) is 25.8 Å². The third kappa shape index (κ3) is 5.30. The number of hydrogen-bond acceptors (Lipinski definition) is 5. The van der Waals surface area contributed by atoms with Gasteiger partial charge in [-0.25, -0.2) is 23.9 Å². The third-order valence-corrected chi connectivity index (χ3v) is 5.44. The lowest BCUT2D eigenvalue weighted by Crippen LogP contribution is -2.53. The lowest BCUT2D eigenvalue weighted by atomic mass is 9.98. The van der Waals surface area contributed by atoms with Crippen LogP contribution in [0.1, 0.15) is 25.6 Å². The Morgan fingerprint density at radius 2 is 2.24 bits per heavy atom. The highest BCUT2D eigenvalue weighted by Crippen LogP contribution is 2.26. The van der Waals surface area contributed by atoms with Gasteiger partial charge in [0, 0.05) is 37.0 Å². The average molecular weight is 425 g/mol. The standard InChI is InChI=1S/C18H23F2N7OS/c1-11-13(26-29(2)28)4-3-7-27(11)17-8-14(23-10-24-17)15-9-22-16(25-15)6-5-12(21)18(19)20/h5-6,8-11,13,18,21,26H,3-4,7H2,1-2H3,(H,22,25)/p+1/b6-5-,21-12?. The highest BCUT2D eigenvalue weighted by atomic mass is 32.2. The number of aromatic nitrogens is 4. The van der Waals surface area contributed by atoms with E-state index in [1.54, 1.807) is 12.5 Å².